The molecule has 1 amide bonds. The van der Waals surface area contributed by atoms with E-state index in [9.17, 15) is 4.79 Å². The maximum Gasteiger partial charge on any atom is 0.410 e. The molecule has 0 radical (unpaired) electrons. The lowest BCUT2D eigenvalue weighted by atomic mass is 10.2. The van der Waals surface area contributed by atoms with E-state index in [4.69, 9.17) is 19.9 Å². The molecular weight excluding hydrogens is 320 g/mol. The summed E-state index contributed by atoms with van der Waals surface area (Å²) in [5.74, 6) is 0.861. The molecule has 1 aromatic carbocycles. The molecular formula is C19H30N2O4. The van der Waals surface area contributed by atoms with Gasteiger partial charge in [0.15, 0.2) is 0 Å². The lowest BCUT2D eigenvalue weighted by Gasteiger charge is -2.28. The number of benzene rings is 1. The molecule has 0 spiro atoms. The summed E-state index contributed by atoms with van der Waals surface area (Å²) in [5.41, 5.74) is 5.50. The topological polar surface area (TPSA) is 74.0 Å². The first-order chi connectivity index (χ1) is 11.8. The van der Waals surface area contributed by atoms with Crippen LogP contribution in [0.4, 0.5) is 4.79 Å². The fourth-order valence-electron chi connectivity index (χ4n) is 2.74. The number of nitrogens with two attached hydrogens (primary N) is 1. The van der Waals surface area contributed by atoms with Crippen molar-refractivity contribution in [2.75, 3.05) is 26.4 Å². The number of hydrogen-bond donors (Lipinski definition) is 1. The van der Waals surface area contributed by atoms with Gasteiger partial charge >= 0.3 is 6.09 Å². The van der Waals surface area contributed by atoms with Crippen molar-refractivity contribution in [1.82, 2.24) is 4.90 Å². The van der Waals surface area contributed by atoms with Crippen LogP contribution in [-0.2, 0) is 9.47 Å². The zero-order valence-electron chi connectivity index (χ0n) is 15.4. The van der Waals surface area contributed by atoms with Crippen LogP contribution < -0.4 is 10.5 Å². The van der Waals surface area contributed by atoms with E-state index in [1.807, 2.05) is 51.1 Å². The molecule has 25 heavy (non-hydrogen) atoms. The van der Waals surface area contributed by atoms with Crippen molar-refractivity contribution in [3.8, 4) is 5.75 Å². The van der Waals surface area contributed by atoms with E-state index in [1.165, 1.54) is 0 Å². The van der Waals surface area contributed by atoms with Crippen LogP contribution in [0.5, 0.6) is 5.75 Å². The number of para-hydroxylation sites is 1. The summed E-state index contributed by atoms with van der Waals surface area (Å²) < 4.78 is 16.8. The summed E-state index contributed by atoms with van der Waals surface area (Å²) in [6, 6.07) is 9.65. The molecule has 0 bridgehead atoms. The Balaban J connectivity index is 1.67. The number of ether oxygens (including phenoxy) is 3. The number of rotatable bonds is 7. The molecule has 2 atom stereocenters. The Kier molecular flexibility index (Phi) is 7.08. The second kappa shape index (κ2) is 9.06. The standard InChI is InChI=1S/C19H30N2O4/c1-19(2,3)25-18(22)21-13-15(20)12-16(21)14-23-10-7-11-24-17-8-5-4-6-9-17/h4-6,8-9,15-16H,7,10-14,20H2,1-3H3/t15-,16-/m1/s1. The van der Waals surface area contributed by atoms with Gasteiger partial charge in [0.05, 0.1) is 19.3 Å². The zero-order chi connectivity index (χ0) is 18.3. The van der Waals surface area contributed by atoms with E-state index < -0.39 is 5.60 Å². The van der Waals surface area contributed by atoms with Gasteiger partial charge in [0.1, 0.15) is 11.4 Å². The maximum atomic E-state index is 12.3. The SMILES string of the molecule is CC(C)(C)OC(=O)N1C[C@H](N)C[C@@H]1COCCCOc1ccccc1. The van der Waals surface area contributed by atoms with E-state index in [1.54, 1.807) is 4.90 Å². The molecule has 1 aliphatic heterocycles. The third kappa shape index (κ3) is 6.92. The first kappa shape index (κ1) is 19.5. The van der Waals surface area contributed by atoms with Crippen molar-refractivity contribution in [3.63, 3.8) is 0 Å². The number of likely N-dealkylation sites (tertiary alicyclic amines) is 1. The van der Waals surface area contributed by atoms with Crippen LogP contribution >= 0.6 is 0 Å². The first-order valence-corrected chi connectivity index (χ1v) is 8.86. The van der Waals surface area contributed by atoms with Crippen molar-refractivity contribution in [1.29, 1.82) is 0 Å². The highest BCUT2D eigenvalue weighted by atomic mass is 16.6. The Morgan fingerprint density at radius 3 is 2.64 bits per heavy atom. The number of carbonyl (C=O) groups excluding carboxylic acids is 1. The van der Waals surface area contributed by atoms with Gasteiger partial charge in [0.2, 0.25) is 0 Å². The highest BCUT2D eigenvalue weighted by Gasteiger charge is 2.36. The van der Waals surface area contributed by atoms with Crippen molar-refractivity contribution in [2.24, 2.45) is 5.73 Å². The van der Waals surface area contributed by atoms with Crippen LogP contribution in [-0.4, -0.2) is 55.0 Å². The molecule has 1 saturated heterocycles. The van der Waals surface area contributed by atoms with Crippen molar-refractivity contribution in [2.45, 2.75) is 51.3 Å². The molecule has 1 aliphatic rings. The summed E-state index contributed by atoms with van der Waals surface area (Å²) in [6.45, 7) is 7.75. The van der Waals surface area contributed by atoms with E-state index >= 15 is 0 Å². The van der Waals surface area contributed by atoms with Gasteiger partial charge in [0.25, 0.3) is 0 Å². The second-order valence-corrected chi connectivity index (χ2v) is 7.37. The average Bonchev–Trinajstić information content (AvgIpc) is 2.91. The Hall–Kier alpha value is -1.79. The second-order valence-electron chi connectivity index (χ2n) is 7.37. The van der Waals surface area contributed by atoms with E-state index in [-0.39, 0.29) is 18.2 Å². The van der Waals surface area contributed by atoms with Gasteiger partial charge in [-0.05, 0) is 39.3 Å². The predicted octanol–water partition coefficient (Wildman–Crippen LogP) is 2.81. The number of amides is 1. The summed E-state index contributed by atoms with van der Waals surface area (Å²) in [4.78, 5) is 14.0. The van der Waals surface area contributed by atoms with Gasteiger partial charge in [-0.3, -0.25) is 0 Å². The van der Waals surface area contributed by atoms with Crippen LogP contribution in [0.15, 0.2) is 30.3 Å². The Morgan fingerprint density at radius 1 is 1.24 bits per heavy atom. The molecule has 0 aliphatic carbocycles. The normalized spacial score (nSPS) is 20.6. The van der Waals surface area contributed by atoms with Crippen LogP contribution in [0.3, 0.4) is 0 Å². The molecule has 2 rings (SSSR count). The fraction of sp³-hybridized carbons (Fsp3) is 0.632. The fourth-order valence-corrected chi connectivity index (χ4v) is 2.74. The quantitative estimate of drug-likeness (QED) is 0.766. The minimum atomic E-state index is -0.510. The minimum Gasteiger partial charge on any atom is -0.494 e. The number of hydrogen-bond acceptors (Lipinski definition) is 5. The third-order valence-corrected chi connectivity index (χ3v) is 3.83. The van der Waals surface area contributed by atoms with E-state index in [0.29, 0.717) is 26.4 Å². The van der Waals surface area contributed by atoms with Crippen molar-refractivity contribution < 1.29 is 19.0 Å². The molecule has 1 fully saturated rings. The first-order valence-electron chi connectivity index (χ1n) is 8.86. The van der Waals surface area contributed by atoms with E-state index in [0.717, 1.165) is 18.6 Å². The van der Waals surface area contributed by atoms with Gasteiger partial charge in [0, 0.05) is 25.6 Å². The third-order valence-electron chi connectivity index (χ3n) is 3.83. The Labute approximate surface area is 150 Å². The van der Waals surface area contributed by atoms with Crippen LogP contribution in [0.2, 0.25) is 0 Å². The van der Waals surface area contributed by atoms with Crippen LogP contribution in [0.1, 0.15) is 33.6 Å². The summed E-state index contributed by atoms with van der Waals surface area (Å²) in [6.07, 6.45) is 1.21. The van der Waals surface area contributed by atoms with Crippen molar-refractivity contribution in [3.05, 3.63) is 30.3 Å². The molecule has 140 valence electrons. The Bertz CT molecular complexity index is 530. The van der Waals surface area contributed by atoms with Gasteiger partial charge in [-0.2, -0.15) is 0 Å². The smallest absolute Gasteiger partial charge is 0.410 e. The lowest BCUT2D eigenvalue weighted by Crippen LogP contribution is -2.42. The largest absolute Gasteiger partial charge is 0.494 e. The van der Waals surface area contributed by atoms with Gasteiger partial charge in [-0.1, -0.05) is 18.2 Å². The molecule has 1 heterocycles. The summed E-state index contributed by atoms with van der Waals surface area (Å²) in [5, 5.41) is 0. The molecule has 6 nitrogen and oxygen atoms in total. The highest BCUT2D eigenvalue weighted by molar-refractivity contribution is 5.69. The molecule has 0 unspecified atom stereocenters. The monoisotopic (exact) mass is 350 g/mol. The van der Waals surface area contributed by atoms with Crippen LogP contribution in [0, 0.1) is 0 Å². The molecule has 2 N–H and O–H groups in total. The van der Waals surface area contributed by atoms with E-state index in [2.05, 4.69) is 0 Å². The minimum absolute atomic E-state index is 0.0254. The summed E-state index contributed by atoms with van der Waals surface area (Å²) in [7, 11) is 0. The number of nitrogens with zero attached hydrogens (tertiary/aromatic N) is 1. The summed E-state index contributed by atoms with van der Waals surface area (Å²) >= 11 is 0. The molecule has 6 heteroatoms. The molecule has 0 aromatic heterocycles. The lowest BCUT2D eigenvalue weighted by molar-refractivity contribution is 0.00970. The predicted molar refractivity (Wildman–Crippen MR) is 96.7 cm³/mol. The highest BCUT2D eigenvalue weighted by Crippen LogP contribution is 2.20. The van der Waals surface area contributed by atoms with Crippen LogP contribution in [0.25, 0.3) is 0 Å². The average molecular weight is 350 g/mol. The molecule has 1 aromatic rings. The molecule has 0 saturated carbocycles. The zero-order valence-corrected chi connectivity index (χ0v) is 15.4. The van der Waals surface area contributed by atoms with Gasteiger partial charge in [-0.25, -0.2) is 4.79 Å². The van der Waals surface area contributed by atoms with Gasteiger partial charge in [-0.15, -0.1) is 0 Å². The van der Waals surface area contributed by atoms with Gasteiger partial charge < -0.3 is 24.8 Å². The van der Waals surface area contributed by atoms with Crippen molar-refractivity contribution >= 4 is 6.09 Å². The number of carbonyl (C=O) groups is 1. The maximum absolute atomic E-state index is 12.3. The Morgan fingerprint density at radius 2 is 1.96 bits per heavy atom.